The molecule has 1 aromatic rings. The van der Waals surface area contributed by atoms with E-state index < -0.39 is 15.9 Å². The Balaban J connectivity index is 2.03. The lowest BCUT2D eigenvalue weighted by Crippen LogP contribution is -2.20. The van der Waals surface area contributed by atoms with Crippen LogP contribution >= 0.6 is 0 Å². The summed E-state index contributed by atoms with van der Waals surface area (Å²) in [5.41, 5.74) is 1.32. The minimum atomic E-state index is -3.62. The second-order valence-electron chi connectivity index (χ2n) is 5.03. The maximum absolute atomic E-state index is 11.8. The van der Waals surface area contributed by atoms with Gasteiger partial charge in [0.05, 0.1) is 5.56 Å². The van der Waals surface area contributed by atoms with E-state index in [1.807, 2.05) is 10.8 Å². The van der Waals surface area contributed by atoms with Crippen molar-refractivity contribution in [3.05, 3.63) is 29.3 Å². The molecule has 18 heavy (non-hydrogen) atoms. The molecule has 1 aliphatic carbocycles. The van der Waals surface area contributed by atoms with Crippen molar-refractivity contribution in [2.75, 3.05) is 0 Å². The van der Waals surface area contributed by atoms with Gasteiger partial charge in [0.2, 0.25) is 0 Å². The molecule has 0 aromatic heterocycles. The highest BCUT2D eigenvalue weighted by Gasteiger charge is 2.33. The first-order valence-electron chi connectivity index (χ1n) is 6.29. The molecule has 0 radical (unpaired) electrons. The van der Waals surface area contributed by atoms with Crippen molar-refractivity contribution in [2.24, 2.45) is 0 Å². The molecule has 1 aliphatic heterocycles. The smallest absolute Gasteiger partial charge is 0.266 e. The lowest BCUT2D eigenvalue weighted by Gasteiger charge is -2.22. The van der Waals surface area contributed by atoms with E-state index in [0.29, 0.717) is 5.92 Å². The van der Waals surface area contributed by atoms with Gasteiger partial charge in [0, 0.05) is 0 Å². The maximum Gasteiger partial charge on any atom is 0.266 e. The van der Waals surface area contributed by atoms with Gasteiger partial charge in [-0.1, -0.05) is 25.3 Å². The summed E-state index contributed by atoms with van der Waals surface area (Å²) in [5.74, 6) is -0.0739. The first-order chi connectivity index (χ1) is 8.58. The summed E-state index contributed by atoms with van der Waals surface area (Å²) in [6, 6.07) is 5.22. The van der Waals surface area contributed by atoms with E-state index in [2.05, 4.69) is 0 Å². The van der Waals surface area contributed by atoms with Crippen molar-refractivity contribution in [1.29, 1.82) is 0 Å². The average Bonchev–Trinajstić information content (AvgIpc) is 2.61. The van der Waals surface area contributed by atoms with E-state index in [1.165, 1.54) is 19.3 Å². The lowest BCUT2D eigenvalue weighted by molar-refractivity contribution is 0.0985. The molecule has 1 aromatic carbocycles. The van der Waals surface area contributed by atoms with Crippen molar-refractivity contribution in [2.45, 2.75) is 42.9 Å². The van der Waals surface area contributed by atoms with Crippen LogP contribution in [0.1, 0.15) is 53.9 Å². The Morgan fingerprint density at radius 2 is 1.83 bits per heavy atom. The molecule has 1 heterocycles. The second-order valence-corrected chi connectivity index (χ2v) is 6.68. The molecule has 0 spiro atoms. The Bertz CT molecular complexity index is 601. The van der Waals surface area contributed by atoms with E-state index in [1.54, 1.807) is 12.1 Å². The number of fused-ring (bicyclic) bond motifs is 1. The third-order valence-electron chi connectivity index (χ3n) is 3.84. The van der Waals surface area contributed by atoms with Gasteiger partial charge in [0.25, 0.3) is 15.9 Å². The van der Waals surface area contributed by atoms with Gasteiger partial charge in [-0.2, -0.15) is 0 Å². The zero-order valence-electron chi connectivity index (χ0n) is 9.98. The standard InChI is InChI=1S/C13H15NO3S/c15-13-11-7-6-10(9-4-2-1-3-5-9)8-12(11)18(16,17)14-13/h6-9H,1-5H2,(H,14,15). The van der Waals surface area contributed by atoms with E-state index in [-0.39, 0.29) is 10.5 Å². The summed E-state index contributed by atoms with van der Waals surface area (Å²) in [7, 11) is -3.62. The van der Waals surface area contributed by atoms with E-state index in [0.717, 1.165) is 18.4 Å². The highest BCUT2D eigenvalue weighted by atomic mass is 32.2. The van der Waals surface area contributed by atoms with Crippen molar-refractivity contribution < 1.29 is 13.2 Å². The number of carbonyl (C=O) groups is 1. The van der Waals surface area contributed by atoms with Crippen LogP contribution in [0.25, 0.3) is 0 Å². The fourth-order valence-electron chi connectivity index (χ4n) is 2.87. The summed E-state index contributed by atoms with van der Waals surface area (Å²) < 4.78 is 25.6. The molecule has 0 bridgehead atoms. The zero-order chi connectivity index (χ0) is 12.8. The van der Waals surface area contributed by atoms with Gasteiger partial charge >= 0.3 is 0 Å². The molecule has 1 fully saturated rings. The first kappa shape index (κ1) is 11.7. The van der Waals surface area contributed by atoms with Crippen LogP contribution in [0, 0.1) is 0 Å². The summed E-state index contributed by atoms with van der Waals surface area (Å²) >= 11 is 0. The van der Waals surface area contributed by atoms with Crippen molar-refractivity contribution in [3.8, 4) is 0 Å². The predicted molar refractivity (Wildman–Crippen MR) is 66.9 cm³/mol. The molecule has 5 heteroatoms. The van der Waals surface area contributed by atoms with Crippen molar-refractivity contribution in [1.82, 2.24) is 4.72 Å². The zero-order valence-corrected chi connectivity index (χ0v) is 10.8. The number of sulfonamides is 1. The largest absolute Gasteiger partial charge is 0.268 e. The topological polar surface area (TPSA) is 63.2 Å². The maximum atomic E-state index is 11.8. The van der Waals surface area contributed by atoms with Crippen LogP contribution < -0.4 is 4.72 Å². The number of nitrogens with one attached hydrogen (secondary N) is 1. The molecule has 0 unspecified atom stereocenters. The number of carbonyl (C=O) groups excluding carboxylic acids is 1. The van der Waals surface area contributed by atoms with Crippen molar-refractivity contribution in [3.63, 3.8) is 0 Å². The number of amides is 1. The highest BCUT2D eigenvalue weighted by Crippen LogP contribution is 2.35. The highest BCUT2D eigenvalue weighted by molar-refractivity contribution is 7.90. The summed E-state index contributed by atoms with van der Waals surface area (Å²) in [6.07, 6.45) is 5.89. The molecule has 4 nitrogen and oxygen atoms in total. The number of hydrogen-bond donors (Lipinski definition) is 1. The summed E-state index contributed by atoms with van der Waals surface area (Å²) in [6.45, 7) is 0. The first-order valence-corrected chi connectivity index (χ1v) is 7.77. The van der Waals surface area contributed by atoms with Gasteiger partial charge in [-0.3, -0.25) is 4.79 Å². The predicted octanol–water partition coefficient (Wildman–Crippen LogP) is 2.17. The molecule has 0 saturated heterocycles. The van der Waals surface area contributed by atoms with Gasteiger partial charge < -0.3 is 0 Å². The average molecular weight is 265 g/mol. The molecule has 96 valence electrons. The van der Waals surface area contributed by atoms with Gasteiger partial charge in [-0.15, -0.1) is 0 Å². The molecule has 2 aliphatic rings. The molecular formula is C13H15NO3S. The Labute approximate surface area is 106 Å². The Hall–Kier alpha value is -1.36. The number of benzene rings is 1. The molecular weight excluding hydrogens is 250 g/mol. The van der Waals surface area contributed by atoms with Crippen LogP contribution in [0.3, 0.4) is 0 Å². The minimum absolute atomic E-state index is 0.149. The van der Waals surface area contributed by atoms with E-state index in [9.17, 15) is 13.2 Å². The van der Waals surface area contributed by atoms with Gasteiger partial charge in [-0.25, -0.2) is 13.1 Å². The Morgan fingerprint density at radius 1 is 1.11 bits per heavy atom. The Kier molecular flexibility index (Phi) is 2.66. The quantitative estimate of drug-likeness (QED) is 0.846. The molecule has 1 saturated carbocycles. The van der Waals surface area contributed by atoms with Crippen LogP contribution in [0.4, 0.5) is 0 Å². The fourth-order valence-corrected chi connectivity index (χ4v) is 4.08. The van der Waals surface area contributed by atoms with E-state index >= 15 is 0 Å². The molecule has 1 amide bonds. The normalized spacial score (nSPS) is 22.6. The number of hydrogen-bond acceptors (Lipinski definition) is 3. The SMILES string of the molecule is O=C1NS(=O)(=O)c2cc(C3CCCCC3)ccc21. The van der Waals surface area contributed by atoms with Gasteiger partial charge in [0.1, 0.15) is 4.90 Å². The van der Waals surface area contributed by atoms with Gasteiger partial charge in [-0.05, 0) is 36.5 Å². The third kappa shape index (κ3) is 1.82. The molecule has 1 N–H and O–H groups in total. The minimum Gasteiger partial charge on any atom is -0.268 e. The van der Waals surface area contributed by atoms with Crippen molar-refractivity contribution >= 4 is 15.9 Å². The summed E-state index contributed by atoms with van der Waals surface area (Å²) in [5, 5.41) is 0. The van der Waals surface area contributed by atoms with Crippen LogP contribution in [-0.2, 0) is 10.0 Å². The molecule has 3 rings (SSSR count). The molecule has 0 atom stereocenters. The fraction of sp³-hybridized carbons (Fsp3) is 0.462. The lowest BCUT2D eigenvalue weighted by atomic mass is 9.84. The third-order valence-corrected chi connectivity index (χ3v) is 5.21. The van der Waals surface area contributed by atoms with E-state index in [4.69, 9.17) is 0 Å². The van der Waals surface area contributed by atoms with Crippen LogP contribution in [0.15, 0.2) is 23.1 Å². The van der Waals surface area contributed by atoms with Crippen LogP contribution in [0.2, 0.25) is 0 Å². The number of rotatable bonds is 1. The second kappa shape index (κ2) is 4.09. The van der Waals surface area contributed by atoms with Crippen LogP contribution in [0.5, 0.6) is 0 Å². The van der Waals surface area contributed by atoms with Gasteiger partial charge in [0.15, 0.2) is 0 Å². The van der Waals surface area contributed by atoms with Crippen LogP contribution in [-0.4, -0.2) is 14.3 Å². The Morgan fingerprint density at radius 3 is 2.56 bits per heavy atom. The summed E-state index contributed by atoms with van der Waals surface area (Å²) in [4.78, 5) is 11.6. The monoisotopic (exact) mass is 265 g/mol.